The Labute approximate surface area is 132 Å². The molecule has 0 fully saturated rings. The monoisotopic (exact) mass is 315 g/mol. The minimum Gasteiger partial charge on any atom is -0.497 e. The number of nitrogens with zero attached hydrogens (tertiary/aromatic N) is 4. The van der Waals surface area contributed by atoms with Crippen molar-refractivity contribution in [2.24, 2.45) is 7.05 Å². The highest BCUT2D eigenvalue weighted by atomic mass is 32.2. The van der Waals surface area contributed by atoms with Crippen LogP contribution in [0.2, 0.25) is 0 Å². The second-order valence-corrected chi connectivity index (χ2v) is 5.71. The van der Waals surface area contributed by atoms with Crippen molar-refractivity contribution >= 4 is 28.7 Å². The van der Waals surface area contributed by atoms with E-state index in [0.717, 1.165) is 33.6 Å². The van der Waals surface area contributed by atoms with Gasteiger partial charge >= 0.3 is 0 Å². The third-order valence-corrected chi connectivity index (χ3v) is 4.22. The molecule has 0 saturated heterocycles. The molecule has 7 heteroatoms. The molecule has 0 bridgehead atoms. The fraction of sp³-hybridized carbons (Fsp3) is 0.267. The van der Waals surface area contributed by atoms with Gasteiger partial charge in [-0.2, -0.15) is 0 Å². The summed E-state index contributed by atoms with van der Waals surface area (Å²) >= 11 is 1.60. The normalized spacial score (nSPS) is 10.9. The van der Waals surface area contributed by atoms with Crippen LogP contribution in [0.15, 0.2) is 35.7 Å². The highest BCUT2D eigenvalue weighted by Crippen LogP contribution is 2.25. The molecule has 0 atom stereocenters. The molecule has 22 heavy (non-hydrogen) atoms. The molecule has 2 aromatic heterocycles. The first kappa shape index (κ1) is 14.6. The van der Waals surface area contributed by atoms with E-state index in [1.807, 2.05) is 42.9 Å². The Morgan fingerprint density at radius 1 is 1.23 bits per heavy atom. The lowest BCUT2D eigenvalue weighted by atomic mass is 10.2. The first-order chi connectivity index (χ1) is 10.7. The van der Waals surface area contributed by atoms with Crippen LogP contribution in [0.3, 0.4) is 0 Å². The predicted molar refractivity (Wildman–Crippen MR) is 88.4 cm³/mol. The number of imidazole rings is 1. The van der Waals surface area contributed by atoms with Crippen LogP contribution in [0.4, 0.5) is 5.82 Å². The van der Waals surface area contributed by atoms with Crippen molar-refractivity contribution in [3.8, 4) is 5.75 Å². The molecule has 0 radical (unpaired) electrons. The number of ether oxygens (including phenoxy) is 1. The molecule has 6 nitrogen and oxygen atoms in total. The summed E-state index contributed by atoms with van der Waals surface area (Å²) in [5, 5.41) is 3.81. The van der Waals surface area contributed by atoms with Gasteiger partial charge in [-0.1, -0.05) is 23.9 Å². The lowest BCUT2D eigenvalue weighted by Crippen LogP contribution is -1.99. The zero-order valence-corrected chi connectivity index (χ0v) is 13.5. The van der Waals surface area contributed by atoms with E-state index in [1.165, 1.54) is 5.56 Å². The van der Waals surface area contributed by atoms with Gasteiger partial charge in [-0.25, -0.2) is 15.0 Å². The highest BCUT2D eigenvalue weighted by Gasteiger charge is 2.11. The summed E-state index contributed by atoms with van der Waals surface area (Å²) in [5.41, 5.74) is 2.82. The maximum atomic E-state index is 5.17. The van der Waals surface area contributed by atoms with E-state index in [1.54, 1.807) is 25.2 Å². The molecule has 0 unspecified atom stereocenters. The first-order valence-electron chi connectivity index (χ1n) is 6.84. The fourth-order valence-corrected chi connectivity index (χ4v) is 2.89. The van der Waals surface area contributed by atoms with Gasteiger partial charge in [-0.05, 0) is 17.7 Å². The van der Waals surface area contributed by atoms with E-state index in [2.05, 4.69) is 20.3 Å². The van der Waals surface area contributed by atoms with Crippen molar-refractivity contribution < 1.29 is 4.74 Å². The summed E-state index contributed by atoms with van der Waals surface area (Å²) in [6.45, 7) is 0. The van der Waals surface area contributed by atoms with E-state index in [-0.39, 0.29) is 0 Å². The van der Waals surface area contributed by atoms with E-state index >= 15 is 0 Å². The van der Waals surface area contributed by atoms with Crippen molar-refractivity contribution in [2.75, 3.05) is 19.5 Å². The maximum Gasteiger partial charge on any atom is 0.191 e. The standard InChI is InChI=1S/C15H17N5OS/c1-16-13-12-14(20(2)9-17-12)19-15(18-13)22-8-10-4-6-11(21-3)7-5-10/h4-7,9H,8H2,1-3H3,(H,16,18,19). The molecule has 2 heterocycles. The van der Waals surface area contributed by atoms with Crippen molar-refractivity contribution in [3.05, 3.63) is 36.2 Å². The van der Waals surface area contributed by atoms with Crippen LogP contribution < -0.4 is 10.1 Å². The number of aryl methyl sites for hydroxylation is 1. The molecule has 3 rings (SSSR count). The largest absolute Gasteiger partial charge is 0.497 e. The SMILES string of the molecule is CNc1nc(SCc2ccc(OC)cc2)nc2c1ncn2C. The minimum atomic E-state index is 0.733. The van der Waals surface area contributed by atoms with Gasteiger partial charge in [0.2, 0.25) is 0 Å². The average molecular weight is 315 g/mol. The van der Waals surface area contributed by atoms with Crippen molar-refractivity contribution in [1.82, 2.24) is 19.5 Å². The number of fused-ring (bicyclic) bond motifs is 1. The number of aromatic nitrogens is 4. The number of hydrogen-bond donors (Lipinski definition) is 1. The molecule has 1 N–H and O–H groups in total. The predicted octanol–water partition coefficient (Wildman–Crippen LogP) is 2.71. The number of hydrogen-bond acceptors (Lipinski definition) is 6. The minimum absolute atomic E-state index is 0.733. The molecule has 0 spiro atoms. The van der Waals surface area contributed by atoms with E-state index in [9.17, 15) is 0 Å². The number of benzene rings is 1. The number of rotatable bonds is 5. The van der Waals surface area contributed by atoms with Gasteiger partial charge in [-0.3, -0.25) is 0 Å². The quantitative estimate of drug-likeness (QED) is 0.577. The number of thioether (sulfide) groups is 1. The zero-order valence-electron chi connectivity index (χ0n) is 12.7. The Hall–Kier alpha value is -2.28. The second-order valence-electron chi connectivity index (χ2n) is 4.77. The lowest BCUT2D eigenvalue weighted by molar-refractivity contribution is 0.414. The van der Waals surface area contributed by atoms with Crippen LogP contribution in [0.1, 0.15) is 5.56 Å². The molecule has 0 amide bonds. The fourth-order valence-electron chi connectivity index (χ4n) is 2.10. The van der Waals surface area contributed by atoms with Crippen molar-refractivity contribution in [3.63, 3.8) is 0 Å². The molecular formula is C15H17N5OS. The van der Waals surface area contributed by atoms with E-state index in [0.29, 0.717) is 0 Å². The summed E-state index contributed by atoms with van der Waals surface area (Å²) < 4.78 is 7.06. The van der Waals surface area contributed by atoms with Gasteiger partial charge in [-0.15, -0.1) is 0 Å². The smallest absolute Gasteiger partial charge is 0.191 e. The van der Waals surface area contributed by atoms with Gasteiger partial charge in [0.25, 0.3) is 0 Å². The Bertz CT molecular complexity index is 784. The van der Waals surface area contributed by atoms with Crippen LogP contribution >= 0.6 is 11.8 Å². The molecule has 0 aliphatic heterocycles. The number of methoxy groups -OCH3 is 1. The molecule has 1 aromatic carbocycles. The van der Waals surface area contributed by atoms with Crippen LogP contribution in [0, 0.1) is 0 Å². The summed E-state index contributed by atoms with van der Waals surface area (Å²) in [4.78, 5) is 13.4. The second kappa shape index (κ2) is 6.23. The summed E-state index contributed by atoms with van der Waals surface area (Å²) in [5.74, 6) is 2.41. The third kappa shape index (κ3) is 2.85. The van der Waals surface area contributed by atoms with Gasteiger partial charge < -0.3 is 14.6 Å². The summed E-state index contributed by atoms with van der Waals surface area (Å²) in [6, 6.07) is 8.01. The van der Waals surface area contributed by atoms with Gasteiger partial charge in [0.15, 0.2) is 16.6 Å². The molecule has 114 valence electrons. The van der Waals surface area contributed by atoms with Gasteiger partial charge in [0, 0.05) is 19.8 Å². The topological polar surface area (TPSA) is 64.9 Å². The third-order valence-electron chi connectivity index (χ3n) is 3.30. The van der Waals surface area contributed by atoms with Crippen LogP contribution in [-0.4, -0.2) is 33.7 Å². The summed E-state index contributed by atoms with van der Waals surface area (Å²) in [7, 11) is 5.44. The van der Waals surface area contributed by atoms with Gasteiger partial charge in [0.1, 0.15) is 11.3 Å². The van der Waals surface area contributed by atoms with E-state index < -0.39 is 0 Å². The molecular weight excluding hydrogens is 298 g/mol. The average Bonchev–Trinajstić information content (AvgIpc) is 2.94. The number of nitrogens with one attached hydrogen (secondary N) is 1. The molecule has 0 aliphatic carbocycles. The van der Waals surface area contributed by atoms with Crippen LogP contribution in [-0.2, 0) is 12.8 Å². The molecule has 0 aliphatic rings. The molecule has 3 aromatic rings. The Kier molecular flexibility index (Phi) is 4.15. The van der Waals surface area contributed by atoms with Crippen LogP contribution in [0.25, 0.3) is 11.2 Å². The Balaban J connectivity index is 1.82. The Morgan fingerprint density at radius 2 is 2.00 bits per heavy atom. The van der Waals surface area contributed by atoms with E-state index in [4.69, 9.17) is 4.74 Å². The van der Waals surface area contributed by atoms with Crippen molar-refractivity contribution in [1.29, 1.82) is 0 Å². The maximum absolute atomic E-state index is 5.17. The van der Waals surface area contributed by atoms with Gasteiger partial charge in [0.05, 0.1) is 13.4 Å². The van der Waals surface area contributed by atoms with Crippen LogP contribution in [0.5, 0.6) is 5.75 Å². The highest BCUT2D eigenvalue weighted by molar-refractivity contribution is 7.98. The lowest BCUT2D eigenvalue weighted by Gasteiger charge is -2.06. The number of anilines is 1. The molecule has 0 saturated carbocycles. The van der Waals surface area contributed by atoms with Crippen molar-refractivity contribution in [2.45, 2.75) is 10.9 Å². The zero-order chi connectivity index (χ0) is 15.5. The Morgan fingerprint density at radius 3 is 2.68 bits per heavy atom. The summed E-state index contributed by atoms with van der Waals surface area (Å²) in [6.07, 6.45) is 1.75. The first-order valence-corrected chi connectivity index (χ1v) is 7.82.